The van der Waals surface area contributed by atoms with Crippen LogP contribution in [0.3, 0.4) is 0 Å². The Hall–Kier alpha value is -10.4. The molecule has 0 spiro atoms. The molecule has 400 valence electrons. The van der Waals surface area contributed by atoms with Crippen molar-refractivity contribution in [2.24, 2.45) is 0 Å². The van der Waals surface area contributed by atoms with Crippen molar-refractivity contribution in [3.8, 4) is 90.9 Å². The van der Waals surface area contributed by atoms with E-state index in [0.717, 1.165) is 10.5 Å². The van der Waals surface area contributed by atoms with Crippen molar-refractivity contribution in [2.45, 2.75) is 26.2 Å². The largest absolute Gasteiger partial charge is 0.458 e. The quantitative estimate of drug-likeness (QED) is 0.141. The van der Waals surface area contributed by atoms with Crippen LogP contribution < -0.4 is 61.4 Å². The lowest BCUT2D eigenvalue weighted by molar-refractivity contribution is 0.443. The van der Waals surface area contributed by atoms with Crippen LogP contribution in [-0.2, 0) is 5.41 Å². The number of benzene rings is 12. The molecule has 0 aromatic heterocycles. The first-order valence-corrected chi connectivity index (χ1v) is 26.3. The SMILES string of the molecule is [2H]c1c([2H])c([2H])c(-c2ccc(Oc3cc4c5c(c3)Oc3ccc(-c6c([2H])c([2H])c([2H])c([2H])c6[2H])cc3B5c3cc(-c5c([2H])c([2H])c([2H])c([2H])c5[2H])ccc3O4)cc2)c([2H])c1[2H].[2H]c1c([2H])c([2H])c(N(c2cc3c4c(c2)Oc2c([2H])c([2H])c([2H])c([2H])c2B4c2cc(C(C)(C)C)ccc2O3)c2c([2H])c([2H])c([2H])c([2H])c2[2H])c([2H])c1[2H]. The summed E-state index contributed by atoms with van der Waals surface area (Å²) in [5.41, 5.74) is 3.35. The summed E-state index contributed by atoms with van der Waals surface area (Å²) in [5.74, 6) is 2.35. The number of ether oxygens (including phenoxy) is 5. The number of fused-ring (bicyclic) bond motifs is 8. The Balaban J connectivity index is 0.000000181. The molecule has 0 bridgehead atoms. The minimum absolute atomic E-state index is 0.0127. The van der Waals surface area contributed by atoms with Gasteiger partial charge in [-0.1, -0.05) is 214 Å². The molecule has 0 radical (unpaired) electrons. The fourth-order valence-electron chi connectivity index (χ4n) is 10.7. The van der Waals surface area contributed by atoms with Gasteiger partial charge in [-0.05, 0) is 127 Å². The van der Waals surface area contributed by atoms with Crippen LogP contribution in [0.1, 0.15) is 66.1 Å². The molecule has 4 heterocycles. The van der Waals surface area contributed by atoms with Crippen LogP contribution in [0.2, 0.25) is 0 Å². The van der Waals surface area contributed by atoms with E-state index < -0.39 is 158 Å². The third-order valence-corrected chi connectivity index (χ3v) is 14.5. The Morgan fingerprint density at radius 1 is 0.321 bits per heavy atom. The molecule has 4 aliphatic rings. The number of hydrogen-bond donors (Lipinski definition) is 0. The van der Waals surface area contributed by atoms with Crippen molar-refractivity contribution in [1.82, 2.24) is 0 Å². The highest BCUT2D eigenvalue weighted by Crippen LogP contribution is 2.44. The summed E-state index contributed by atoms with van der Waals surface area (Å²) in [4.78, 5) is 0.979. The molecule has 0 unspecified atom stereocenters. The highest BCUT2D eigenvalue weighted by Gasteiger charge is 2.43. The third-order valence-electron chi connectivity index (χ3n) is 14.5. The zero-order valence-electron chi connectivity index (χ0n) is 73.5. The molecule has 0 amide bonds. The first-order valence-electron chi connectivity index (χ1n) is 40.8. The Labute approximate surface area is 531 Å². The molecular formula is C76H55B2NO5. The van der Waals surface area contributed by atoms with Gasteiger partial charge in [-0.25, -0.2) is 0 Å². The van der Waals surface area contributed by atoms with E-state index in [-0.39, 0.29) is 92.8 Å². The fraction of sp³-hybridized carbons (Fsp3) is 0.0526. The van der Waals surface area contributed by atoms with E-state index in [0.29, 0.717) is 84.3 Å². The van der Waals surface area contributed by atoms with Gasteiger partial charge in [0.05, 0.1) is 45.4 Å². The predicted molar refractivity (Wildman–Crippen MR) is 344 cm³/mol. The smallest absolute Gasteiger partial charge is 0.260 e. The summed E-state index contributed by atoms with van der Waals surface area (Å²) in [6.45, 7) is 4.56. The predicted octanol–water partition coefficient (Wildman–Crippen LogP) is 16.4. The summed E-state index contributed by atoms with van der Waals surface area (Å²) in [5, 5.41) is 0. The molecule has 0 atom stereocenters. The monoisotopic (exact) mass is 1110 g/mol. The normalized spacial score (nSPS) is 17.4. The number of para-hydroxylation sites is 3. The third kappa shape index (κ3) is 9.32. The van der Waals surface area contributed by atoms with Crippen LogP contribution in [0.25, 0.3) is 33.4 Å². The van der Waals surface area contributed by atoms with E-state index in [2.05, 4.69) is 0 Å². The van der Waals surface area contributed by atoms with E-state index in [1.165, 1.54) is 12.1 Å². The van der Waals surface area contributed by atoms with Gasteiger partial charge in [0, 0.05) is 46.6 Å². The molecule has 84 heavy (non-hydrogen) atoms. The maximum atomic E-state index is 8.94. The van der Waals surface area contributed by atoms with Crippen molar-refractivity contribution in [3.05, 3.63) is 284 Å². The molecule has 0 fully saturated rings. The van der Waals surface area contributed by atoms with Crippen molar-refractivity contribution in [2.75, 3.05) is 4.90 Å². The molecule has 12 aromatic carbocycles. The Kier molecular flexibility index (Phi) is 7.07. The van der Waals surface area contributed by atoms with Crippen molar-refractivity contribution in [1.29, 1.82) is 0 Å². The first-order chi connectivity index (χ1) is 53.2. The van der Waals surface area contributed by atoms with E-state index in [1.807, 2.05) is 32.9 Å². The van der Waals surface area contributed by atoms with Crippen LogP contribution >= 0.6 is 0 Å². The standard InChI is InChI=1S/C42H27BO3.C34H28BNO2/c1-4-10-28(11-5-1)31-16-20-34(21-17-31)44-35-26-40-42-41(27-35)46-39-23-19-33(30-14-8-3-9-15-30)25-37(39)43(42)36-24-32(18-22-38(36)45-40)29-12-6-2-7-13-29;1-34(2,3)23-18-19-30-28(20-23)35-27-16-10-11-17-29(27)37-31-21-26(22-32(38-30)33(31)35)36(24-12-6-4-7-13-24)25-14-8-5-9-15-25/h1-27H;4-22H,1-3H3/i1D,2D,3D,4D,5D,6D,7D,8D,9D,10D,11D,12D,13D,14D,15D;4D,5D,6D,7D,8D,9D,10D,11D,12D,13D,14D,15D,16D,17D. The molecule has 0 N–H and O–H groups in total. The summed E-state index contributed by atoms with van der Waals surface area (Å²) < 4.78 is 277. The number of nitrogens with zero attached hydrogens (tertiary/aromatic N) is 1. The van der Waals surface area contributed by atoms with E-state index in [4.69, 9.17) is 63.4 Å². The highest BCUT2D eigenvalue weighted by atomic mass is 16.5. The molecule has 0 saturated carbocycles. The van der Waals surface area contributed by atoms with Crippen molar-refractivity contribution >= 4 is 63.3 Å². The number of hydrogen-bond acceptors (Lipinski definition) is 6. The van der Waals surface area contributed by atoms with Crippen LogP contribution in [0, 0.1) is 0 Å². The lowest BCUT2D eigenvalue weighted by Gasteiger charge is -2.35. The van der Waals surface area contributed by atoms with E-state index >= 15 is 0 Å². The fourth-order valence-corrected chi connectivity index (χ4v) is 10.7. The van der Waals surface area contributed by atoms with Gasteiger partial charge >= 0.3 is 0 Å². The molecule has 16 rings (SSSR count). The summed E-state index contributed by atoms with van der Waals surface area (Å²) in [6.07, 6.45) is 0. The second-order valence-corrected chi connectivity index (χ2v) is 20.6. The van der Waals surface area contributed by atoms with Crippen LogP contribution in [0.4, 0.5) is 17.1 Å². The maximum Gasteiger partial charge on any atom is 0.260 e. The van der Waals surface area contributed by atoms with Gasteiger partial charge in [0.25, 0.3) is 13.4 Å². The average molecular weight is 1110 g/mol. The first kappa shape index (κ1) is 28.5. The lowest BCUT2D eigenvalue weighted by Crippen LogP contribution is -2.57. The second-order valence-electron chi connectivity index (χ2n) is 20.6. The number of rotatable bonds is 8. The summed E-state index contributed by atoms with van der Waals surface area (Å²) >= 11 is 0. The minimum Gasteiger partial charge on any atom is -0.458 e. The van der Waals surface area contributed by atoms with Gasteiger partial charge in [-0.2, -0.15) is 0 Å². The van der Waals surface area contributed by atoms with Gasteiger partial charge in [0.1, 0.15) is 57.5 Å². The maximum absolute atomic E-state index is 8.94. The summed E-state index contributed by atoms with van der Waals surface area (Å²) in [7, 11) is 0. The van der Waals surface area contributed by atoms with Crippen molar-refractivity contribution in [3.63, 3.8) is 0 Å². The molecule has 0 aliphatic carbocycles. The zero-order chi connectivity index (χ0) is 81.5. The lowest BCUT2D eigenvalue weighted by atomic mass is 9.34. The molecule has 12 aromatic rings. The Morgan fingerprint density at radius 3 is 1.21 bits per heavy atom. The van der Waals surface area contributed by atoms with Gasteiger partial charge in [-0.3, -0.25) is 0 Å². The molecule has 8 heteroatoms. The zero-order valence-corrected chi connectivity index (χ0v) is 44.5. The van der Waals surface area contributed by atoms with Crippen molar-refractivity contribution < 1.29 is 63.4 Å². The van der Waals surface area contributed by atoms with E-state index in [1.54, 1.807) is 78.9 Å². The van der Waals surface area contributed by atoms with Crippen LogP contribution in [-0.4, -0.2) is 13.4 Å². The molecule has 6 nitrogen and oxygen atoms in total. The highest BCUT2D eigenvalue weighted by molar-refractivity contribution is 6.99. The average Bonchev–Trinajstić information content (AvgIpc) is 0.706. The van der Waals surface area contributed by atoms with Crippen LogP contribution in [0.15, 0.2) is 278 Å². The van der Waals surface area contributed by atoms with Crippen LogP contribution in [0.5, 0.6) is 57.5 Å². The molecular weight excluding hydrogens is 1030 g/mol. The van der Waals surface area contributed by atoms with Gasteiger partial charge in [0.2, 0.25) is 0 Å². The Morgan fingerprint density at radius 2 is 0.714 bits per heavy atom. The second kappa shape index (κ2) is 20.8. The molecule has 4 aliphatic heterocycles. The number of anilines is 3. The summed E-state index contributed by atoms with van der Waals surface area (Å²) in [6, 6.07) is 12.3. The molecule has 0 saturated heterocycles. The topological polar surface area (TPSA) is 49.4 Å². The minimum atomic E-state index is -0.829. The van der Waals surface area contributed by atoms with E-state index in [9.17, 15) is 0 Å². The Bertz CT molecular complexity index is 5900. The van der Waals surface area contributed by atoms with Gasteiger partial charge < -0.3 is 28.6 Å². The van der Waals surface area contributed by atoms with Gasteiger partial charge in [0.15, 0.2) is 0 Å². The van der Waals surface area contributed by atoms with Gasteiger partial charge in [-0.15, -0.1) is 0 Å².